The predicted octanol–water partition coefficient (Wildman–Crippen LogP) is -0.778. The topological polar surface area (TPSA) is 83.9 Å². The summed E-state index contributed by atoms with van der Waals surface area (Å²) in [7, 11) is 0. The van der Waals surface area contributed by atoms with Crippen LogP contribution >= 0.6 is 0 Å². The molecular weight excluding hydrogens is 190 g/mol. The molecule has 1 saturated heterocycles. The molecule has 0 aliphatic carbocycles. The van der Waals surface area contributed by atoms with E-state index in [1.807, 2.05) is 0 Å². The summed E-state index contributed by atoms with van der Waals surface area (Å²) in [5.41, 5.74) is 0. The van der Waals surface area contributed by atoms with E-state index in [4.69, 9.17) is 5.11 Å². The first kappa shape index (κ1) is 10.6. The lowest BCUT2D eigenvalue weighted by Gasteiger charge is -2.14. The van der Waals surface area contributed by atoms with Crippen molar-refractivity contribution in [3.8, 4) is 0 Å². The summed E-state index contributed by atoms with van der Waals surface area (Å²) < 4.78 is 0. The standard InChI is InChI=1S/C8H11NO5/c1-5(4-10)8(13)14-9-6(11)2-3-7(9)12/h5,10H,2-4H2,1H3. The molecule has 1 N–H and O–H groups in total. The van der Waals surface area contributed by atoms with Gasteiger partial charge in [-0.05, 0) is 6.92 Å². The van der Waals surface area contributed by atoms with Gasteiger partial charge in [0.15, 0.2) is 0 Å². The minimum atomic E-state index is -0.781. The van der Waals surface area contributed by atoms with Gasteiger partial charge in [0.1, 0.15) is 0 Å². The van der Waals surface area contributed by atoms with Gasteiger partial charge in [0.2, 0.25) is 0 Å². The fraction of sp³-hybridized carbons (Fsp3) is 0.625. The van der Waals surface area contributed by atoms with Crippen LogP contribution in [0, 0.1) is 5.92 Å². The molecule has 1 unspecified atom stereocenters. The molecule has 0 spiro atoms. The summed E-state index contributed by atoms with van der Waals surface area (Å²) in [6.45, 7) is 1.06. The lowest BCUT2D eigenvalue weighted by atomic mass is 10.2. The smallest absolute Gasteiger partial charge is 0.338 e. The third-order valence-electron chi connectivity index (χ3n) is 1.86. The van der Waals surface area contributed by atoms with Gasteiger partial charge in [-0.25, -0.2) is 4.79 Å². The number of aliphatic hydroxyl groups excluding tert-OH is 1. The molecule has 1 fully saturated rings. The highest BCUT2D eigenvalue weighted by atomic mass is 16.7. The summed E-state index contributed by atoms with van der Waals surface area (Å²) in [5, 5.41) is 9.09. The molecule has 78 valence electrons. The van der Waals surface area contributed by atoms with Crippen molar-refractivity contribution >= 4 is 17.8 Å². The van der Waals surface area contributed by atoms with E-state index in [1.165, 1.54) is 6.92 Å². The number of hydrogen-bond acceptors (Lipinski definition) is 5. The third kappa shape index (κ3) is 2.08. The highest BCUT2D eigenvalue weighted by Crippen LogP contribution is 2.13. The summed E-state index contributed by atoms with van der Waals surface area (Å²) in [4.78, 5) is 37.6. The summed E-state index contributed by atoms with van der Waals surface area (Å²) >= 11 is 0. The second-order valence-electron chi connectivity index (χ2n) is 3.08. The van der Waals surface area contributed by atoms with Gasteiger partial charge in [-0.15, -0.1) is 5.06 Å². The van der Waals surface area contributed by atoms with E-state index in [0.717, 1.165) is 0 Å². The maximum Gasteiger partial charge on any atom is 0.338 e. The van der Waals surface area contributed by atoms with E-state index in [-0.39, 0.29) is 19.4 Å². The maximum absolute atomic E-state index is 11.1. The molecule has 0 aromatic heterocycles. The lowest BCUT2D eigenvalue weighted by molar-refractivity contribution is -0.201. The van der Waals surface area contributed by atoms with Crippen molar-refractivity contribution < 1.29 is 24.3 Å². The molecule has 1 heterocycles. The lowest BCUT2D eigenvalue weighted by Crippen LogP contribution is -2.34. The van der Waals surface area contributed by atoms with Crippen LogP contribution in [0.4, 0.5) is 0 Å². The van der Waals surface area contributed by atoms with Crippen molar-refractivity contribution in [2.24, 2.45) is 5.92 Å². The Hall–Kier alpha value is -1.43. The number of aliphatic hydroxyl groups is 1. The predicted molar refractivity (Wildman–Crippen MR) is 43.4 cm³/mol. The first-order chi connectivity index (χ1) is 6.56. The Kier molecular flexibility index (Phi) is 3.19. The number of carbonyl (C=O) groups excluding carboxylic acids is 3. The van der Waals surface area contributed by atoms with Crippen LogP contribution < -0.4 is 0 Å². The van der Waals surface area contributed by atoms with Gasteiger partial charge in [-0.1, -0.05) is 0 Å². The van der Waals surface area contributed by atoms with Crippen molar-refractivity contribution in [2.45, 2.75) is 19.8 Å². The van der Waals surface area contributed by atoms with Crippen LogP contribution in [0.5, 0.6) is 0 Å². The minimum Gasteiger partial charge on any atom is -0.395 e. The average Bonchev–Trinajstić information content (AvgIpc) is 2.48. The zero-order valence-corrected chi connectivity index (χ0v) is 7.73. The first-order valence-electron chi connectivity index (χ1n) is 4.24. The zero-order chi connectivity index (χ0) is 10.7. The van der Waals surface area contributed by atoms with Gasteiger partial charge < -0.3 is 9.94 Å². The zero-order valence-electron chi connectivity index (χ0n) is 7.73. The van der Waals surface area contributed by atoms with E-state index in [1.54, 1.807) is 0 Å². The van der Waals surface area contributed by atoms with Crippen molar-refractivity contribution in [1.29, 1.82) is 0 Å². The normalized spacial score (nSPS) is 18.6. The van der Waals surface area contributed by atoms with Gasteiger partial charge in [-0.3, -0.25) is 9.59 Å². The Bertz CT molecular complexity index is 259. The van der Waals surface area contributed by atoms with Crippen LogP contribution in [-0.4, -0.2) is 34.6 Å². The fourth-order valence-corrected chi connectivity index (χ4v) is 0.912. The molecule has 0 bridgehead atoms. The number of carbonyl (C=O) groups is 3. The molecule has 1 aliphatic rings. The summed E-state index contributed by atoms with van der Waals surface area (Å²) in [5.74, 6) is -2.56. The summed E-state index contributed by atoms with van der Waals surface area (Å²) in [6, 6.07) is 0. The van der Waals surface area contributed by atoms with E-state index in [2.05, 4.69) is 4.84 Å². The number of imide groups is 1. The molecule has 0 aromatic carbocycles. The number of rotatable bonds is 3. The Morgan fingerprint density at radius 1 is 1.50 bits per heavy atom. The third-order valence-corrected chi connectivity index (χ3v) is 1.86. The molecule has 0 saturated carbocycles. The fourth-order valence-electron chi connectivity index (χ4n) is 0.912. The van der Waals surface area contributed by atoms with Crippen molar-refractivity contribution in [2.75, 3.05) is 6.61 Å². The van der Waals surface area contributed by atoms with Crippen LogP contribution in [0.3, 0.4) is 0 Å². The van der Waals surface area contributed by atoms with Gasteiger partial charge in [0.05, 0.1) is 12.5 Å². The highest BCUT2D eigenvalue weighted by Gasteiger charge is 2.33. The largest absolute Gasteiger partial charge is 0.395 e. The Balaban J connectivity index is 2.55. The molecule has 6 nitrogen and oxygen atoms in total. The molecule has 1 rings (SSSR count). The Morgan fingerprint density at radius 3 is 2.43 bits per heavy atom. The molecule has 0 aromatic rings. The monoisotopic (exact) mass is 201 g/mol. The van der Waals surface area contributed by atoms with E-state index in [0.29, 0.717) is 5.06 Å². The van der Waals surface area contributed by atoms with E-state index < -0.39 is 23.7 Å². The maximum atomic E-state index is 11.1. The second kappa shape index (κ2) is 4.19. The van der Waals surface area contributed by atoms with E-state index in [9.17, 15) is 14.4 Å². The second-order valence-corrected chi connectivity index (χ2v) is 3.08. The van der Waals surface area contributed by atoms with E-state index >= 15 is 0 Å². The Labute approximate surface area is 80.4 Å². The first-order valence-corrected chi connectivity index (χ1v) is 4.24. The molecule has 0 radical (unpaired) electrons. The highest BCUT2D eigenvalue weighted by molar-refractivity contribution is 6.01. The average molecular weight is 201 g/mol. The van der Waals surface area contributed by atoms with Crippen molar-refractivity contribution in [3.63, 3.8) is 0 Å². The number of hydroxylamine groups is 2. The van der Waals surface area contributed by atoms with Crippen LogP contribution in [0.15, 0.2) is 0 Å². The number of amides is 2. The van der Waals surface area contributed by atoms with Gasteiger partial charge in [0, 0.05) is 12.8 Å². The number of nitrogens with zero attached hydrogens (tertiary/aromatic N) is 1. The van der Waals surface area contributed by atoms with Crippen LogP contribution in [-0.2, 0) is 19.2 Å². The Morgan fingerprint density at radius 2 is 2.00 bits per heavy atom. The quantitative estimate of drug-likeness (QED) is 0.605. The number of hydrogen-bond donors (Lipinski definition) is 1. The van der Waals surface area contributed by atoms with Gasteiger partial charge in [-0.2, -0.15) is 0 Å². The van der Waals surface area contributed by atoms with Crippen LogP contribution in [0.2, 0.25) is 0 Å². The molecule has 1 atom stereocenters. The SMILES string of the molecule is CC(CO)C(=O)ON1C(=O)CCC1=O. The minimum absolute atomic E-state index is 0.0691. The van der Waals surface area contributed by atoms with Crippen LogP contribution in [0.25, 0.3) is 0 Å². The molecule has 1 aliphatic heterocycles. The molecular formula is C8H11NO5. The van der Waals surface area contributed by atoms with Gasteiger partial charge in [0.25, 0.3) is 11.8 Å². The van der Waals surface area contributed by atoms with Crippen molar-refractivity contribution in [1.82, 2.24) is 5.06 Å². The molecule has 2 amide bonds. The van der Waals surface area contributed by atoms with Gasteiger partial charge >= 0.3 is 5.97 Å². The molecule has 6 heteroatoms. The van der Waals surface area contributed by atoms with Crippen LogP contribution in [0.1, 0.15) is 19.8 Å². The van der Waals surface area contributed by atoms with Crippen molar-refractivity contribution in [3.05, 3.63) is 0 Å². The summed E-state index contributed by atoms with van der Waals surface area (Å²) in [6.07, 6.45) is 0.138. The molecule has 14 heavy (non-hydrogen) atoms.